The third-order valence-electron chi connectivity index (χ3n) is 4.02. The van der Waals surface area contributed by atoms with E-state index in [1.54, 1.807) is 30.3 Å². The lowest BCUT2D eigenvalue weighted by Crippen LogP contribution is -2.23. The Bertz CT molecular complexity index is 1060. The van der Waals surface area contributed by atoms with Gasteiger partial charge in [-0.1, -0.05) is 12.1 Å². The normalized spacial score (nSPS) is 10.6. The summed E-state index contributed by atoms with van der Waals surface area (Å²) in [5.41, 5.74) is 2.03. The summed E-state index contributed by atoms with van der Waals surface area (Å²) < 4.78 is 6.66. The molecule has 0 aliphatic carbocycles. The van der Waals surface area contributed by atoms with Crippen LogP contribution in [0.5, 0.6) is 5.75 Å². The van der Waals surface area contributed by atoms with Crippen molar-refractivity contribution in [1.82, 2.24) is 9.55 Å². The van der Waals surface area contributed by atoms with Crippen LogP contribution in [-0.2, 0) is 16.1 Å². The summed E-state index contributed by atoms with van der Waals surface area (Å²) in [6.45, 7) is 3.49. The number of hydrogen-bond acceptors (Lipinski definition) is 5. The number of rotatable bonds is 5. The number of nitrogens with zero attached hydrogens (tertiary/aromatic N) is 2. The van der Waals surface area contributed by atoms with Crippen molar-refractivity contribution in [3.8, 4) is 5.75 Å². The number of ether oxygens (including phenoxy) is 1. The molecule has 1 amide bonds. The zero-order valence-corrected chi connectivity index (χ0v) is 15.1. The van der Waals surface area contributed by atoms with Gasteiger partial charge in [-0.2, -0.15) is 0 Å². The molecule has 0 atom stereocenters. The minimum absolute atomic E-state index is 0.0341. The molecule has 7 nitrogen and oxygen atoms in total. The predicted molar refractivity (Wildman–Crippen MR) is 102 cm³/mol. The average molecular weight is 365 g/mol. The summed E-state index contributed by atoms with van der Waals surface area (Å²) in [7, 11) is 0. The van der Waals surface area contributed by atoms with E-state index in [0.29, 0.717) is 22.3 Å². The van der Waals surface area contributed by atoms with Crippen LogP contribution in [0.15, 0.2) is 53.6 Å². The van der Waals surface area contributed by atoms with Crippen LogP contribution in [0.25, 0.3) is 10.9 Å². The molecule has 1 aromatic heterocycles. The van der Waals surface area contributed by atoms with Crippen molar-refractivity contribution in [2.24, 2.45) is 0 Å². The van der Waals surface area contributed by atoms with Crippen LogP contribution in [0.4, 0.5) is 5.69 Å². The van der Waals surface area contributed by atoms with Crippen LogP contribution >= 0.6 is 0 Å². The van der Waals surface area contributed by atoms with E-state index in [1.165, 1.54) is 17.8 Å². The topological polar surface area (TPSA) is 90.3 Å². The number of para-hydroxylation sites is 1. The number of fused-ring (bicyclic) bond motifs is 1. The van der Waals surface area contributed by atoms with Crippen molar-refractivity contribution in [3.05, 3.63) is 64.7 Å². The van der Waals surface area contributed by atoms with Gasteiger partial charge in [-0.15, -0.1) is 0 Å². The maximum absolute atomic E-state index is 12.5. The number of aryl methyl sites for hydroxylation is 2. The fourth-order valence-electron chi connectivity index (χ4n) is 2.70. The van der Waals surface area contributed by atoms with Crippen molar-refractivity contribution in [2.45, 2.75) is 26.8 Å². The second-order valence-electron chi connectivity index (χ2n) is 6.14. The van der Waals surface area contributed by atoms with Crippen molar-refractivity contribution < 1.29 is 14.3 Å². The first kappa shape index (κ1) is 18.3. The molecule has 27 heavy (non-hydrogen) atoms. The van der Waals surface area contributed by atoms with Crippen molar-refractivity contribution >= 4 is 28.5 Å². The Morgan fingerprint density at radius 2 is 1.89 bits per heavy atom. The van der Waals surface area contributed by atoms with Crippen LogP contribution in [0.3, 0.4) is 0 Å². The molecule has 138 valence electrons. The molecular formula is C20H19N3O4. The third-order valence-corrected chi connectivity index (χ3v) is 4.02. The lowest BCUT2D eigenvalue weighted by atomic mass is 10.1. The number of carbonyl (C=O) groups is 2. The highest BCUT2D eigenvalue weighted by Crippen LogP contribution is 2.16. The SMILES string of the molecule is CC(=O)Nc1ccc(OC(=O)CCn2cnc3c(C)cccc3c2=O)cc1. The molecule has 1 N–H and O–H groups in total. The van der Waals surface area contributed by atoms with E-state index in [2.05, 4.69) is 10.3 Å². The van der Waals surface area contributed by atoms with Gasteiger partial charge in [-0.25, -0.2) is 4.98 Å². The molecule has 0 aliphatic heterocycles. The van der Waals surface area contributed by atoms with Gasteiger partial charge >= 0.3 is 5.97 Å². The molecule has 0 radical (unpaired) electrons. The van der Waals surface area contributed by atoms with Crippen molar-refractivity contribution in [1.29, 1.82) is 0 Å². The van der Waals surface area contributed by atoms with Gasteiger partial charge < -0.3 is 10.1 Å². The minimum Gasteiger partial charge on any atom is -0.426 e. The largest absolute Gasteiger partial charge is 0.426 e. The van der Waals surface area contributed by atoms with Crippen LogP contribution in [0, 0.1) is 6.92 Å². The highest BCUT2D eigenvalue weighted by Gasteiger charge is 2.09. The zero-order chi connectivity index (χ0) is 19.4. The summed E-state index contributed by atoms with van der Waals surface area (Å²) in [5, 5.41) is 3.16. The Hall–Kier alpha value is -3.48. The van der Waals surface area contributed by atoms with Gasteiger partial charge in [0.15, 0.2) is 0 Å². The molecule has 0 spiro atoms. The van der Waals surface area contributed by atoms with Crippen LogP contribution < -0.4 is 15.6 Å². The summed E-state index contributed by atoms with van der Waals surface area (Å²) in [5.74, 6) is -0.267. The van der Waals surface area contributed by atoms with Crippen LogP contribution in [0.1, 0.15) is 18.9 Å². The Labute approximate surface area is 155 Å². The van der Waals surface area contributed by atoms with Gasteiger partial charge in [-0.05, 0) is 42.8 Å². The molecule has 2 aromatic carbocycles. The van der Waals surface area contributed by atoms with E-state index in [1.807, 2.05) is 19.1 Å². The van der Waals surface area contributed by atoms with Gasteiger partial charge in [0.2, 0.25) is 5.91 Å². The maximum Gasteiger partial charge on any atom is 0.312 e. The average Bonchev–Trinajstić information content (AvgIpc) is 2.63. The first-order valence-corrected chi connectivity index (χ1v) is 8.47. The van der Waals surface area contributed by atoms with E-state index in [-0.39, 0.29) is 24.4 Å². The smallest absolute Gasteiger partial charge is 0.312 e. The molecule has 0 unspecified atom stereocenters. The van der Waals surface area contributed by atoms with Gasteiger partial charge in [-0.3, -0.25) is 19.0 Å². The molecule has 0 saturated carbocycles. The molecule has 0 aliphatic rings. The van der Waals surface area contributed by atoms with Gasteiger partial charge in [0.1, 0.15) is 5.75 Å². The monoisotopic (exact) mass is 365 g/mol. The summed E-state index contributed by atoms with van der Waals surface area (Å²) in [6, 6.07) is 11.9. The minimum atomic E-state index is -0.460. The number of amides is 1. The Kier molecular flexibility index (Phi) is 5.30. The van der Waals surface area contributed by atoms with E-state index in [9.17, 15) is 14.4 Å². The molecule has 7 heteroatoms. The fourth-order valence-corrected chi connectivity index (χ4v) is 2.70. The zero-order valence-electron chi connectivity index (χ0n) is 15.1. The highest BCUT2D eigenvalue weighted by atomic mass is 16.5. The summed E-state index contributed by atoms with van der Waals surface area (Å²) >= 11 is 0. The third kappa shape index (κ3) is 4.38. The van der Waals surface area contributed by atoms with E-state index in [4.69, 9.17) is 4.74 Å². The number of esters is 1. The highest BCUT2D eigenvalue weighted by molar-refractivity contribution is 5.88. The molecular weight excluding hydrogens is 346 g/mol. The number of nitrogens with one attached hydrogen (secondary N) is 1. The lowest BCUT2D eigenvalue weighted by Gasteiger charge is -2.08. The number of anilines is 1. The van der Waals surface area contributed by atoms with Gasteiger partial charge in [0, 0.05) is 19.2 Å². The number of benzene rings is 2. The Morgan fingerprint density at radius 3 is 2.59 bits per heavy atom. The quantitative estimate of drug-likeness (QED) is 0.554. The fraction of sp³-hybridized carbons (Fsp3) is 0.200. The number of hydrogen-bond donors (Lipinski definition) is 1. The van der Waals surface area contributed by atoms with Crippen molar-refractivity contribution in [3.63, 3.8) is 0 Å². The summed E-state index contributed by atoms with van der Waals surface area (Å²) in [6.07, 6.45) is 1.49. The van der Waals surface area contributed by atoms with E-state index >= 15 is 0 Å². The molecule has 3 rings (SSSR count). The second kappa shape index (κ2) is 7.82. The van der Waals surface area contributed by atoms with Crippen LogP contribution in [0.2, 0.25) is 0 Å². The molecule has 1 heterocycles. The molecule has 3 aromatic rings. The number of aromatic nitrogens is 2. The standard InChI is InChI=1S/C20H19N3O4/c1-13-4-3-5-17-19(13)21-12-23(20(17)26)11-10-18(25)27-16-8-6-15(7-9-16)22-14(2)24/h3-9,12H,10-11H2,1-2H3,(H,22,24). The first-order valence-electron chi connectivity index (χ1n) is 8.47. The maximum atomic E-state index is 12.5. The van der Waals surface area contributed by atoms with Crippen molar-refractivity contribution in [2.75, 3.05) is 5.32 Å². The van der Waals surface area contributed by atoms with E-state index < -0.39 is 5.97 Å². The van der Waals surface area contributed by atoms with Gasteiger partial charge in [0.25, 0.3) is 5.56 Å². The van der Waals surface area contributed by atoms with Gasteiger partial charge in [0.05, 0.1) is 23.7 Å². The van der Waals surface area contributed by atoms with E-state index in [0.717, 1.165) is 5.56 Å². The second-order valence-corrected chi connectivity index (χ2v) is 6.14. The Balaban J connectivity index is 1.64. The lowest BCUT2D eigenvalue weighted by molar-refractivity contribution is -0.134. The first-order chi connectivity index (χ1) is 12.9. The Morgan fingerprint density at radius 1 is 1.15 bits per heavy atom. The number of carbonyl (C=O) groups excluding carboxylic acids is 2. The summed E-state index contributed by atoms with van der Waals surface area (Å²) in [4.78, 5) is 39.9. The van der Waals surface area contributed by atoms with Crippen LogP contribution in [-0.4, -0.2) is 21.4 Å². The predicted octanol–water partition coefficient (Wildman–Crippen LogP) is 2.66. The molecule has 0 saturated heterocycles. The molecule has 0 fully saturated rings. The molecule has 0 bridgehead atoms.